The van der Waals surface area contributed by atoms with Gasteiger partial charge in [0.15, 0.2) is 11.5 Å². The van der Waals surface area contributed by atoms with Crippen molar-refractivity contribution in [3.8, 4) is 22.9 Å². The molecule has 0 atom stereocenters. The standard InChI is InChI=1S/C20H22N2O4S/c1-11-18(20(23)26-5)12(2)21-19(11)14-10-27-17(22-14)9-13-6-7-15(24-3)16(8-13)25-4/h6-8,10,21H,9H2,1-5H3. The predicted molar refractivity (Wildman–Crippen MR) is 105 cm³/mol. The molecule has 0 saturated carbocycles. The van der Waals surface area contributed by atoms with Crippen LogP contribution in [0.2, 0.25) is 0 Å². The number of ether oxygens (including phenoxy) is 3. The fraction of sp³-hybridized carbons (Fsp3) is 0.300. The number of nitrogens with zero attached hydrogens (tertiary/aromatic N) is 1. The number of carbonyl (C=O) groups excluding carboxylic acids is 1. The van der Waals surface area contributed by atoms with E-state index in [1.54, 1.807) is 25.6 Å². The lowest BCUT2D eigenvalue weighted by Gasteiger charge is -2.08. The van der Waals surface area contributed by atoms with Gasteiger partial charge in [-0.3, -0.25) is 0 Å². The van der Waals surface area contributed by atoms with E-state index in [1.165, 1.54) is 7.11 Å². The van der Waals surface area contributed by atoms with Crippen LogP contribution < -0.4 is 9.47 Å². The van der Waals surface area contributed by atoms with Crippen LogP contribution >= 0.6 is 11.3 Å². The molecule has 2 heterocycles. The van der Waals surface area contributed by atoms with Crippen molar-refractivity contribution in [1.29, 1.82) is 0 Å². The van der Waals surface area contributed by atoms with Crippen molar-refractivity contribution >= 4 is 17.3 Å². The first-order chi connectivity index (χ1) is 13.0. The number of hydrogen-bond acceptors (Lipinski definition) is 6. The van der Waals surface area contributed by atoms with Crippen LogP contribution in [0.1, 0.15) is 32.2 Å². The molecule has 0 saturated heterocycles. The molecule has 0 aliphatic rings. The number of hydrogen-bond donors (Lipinski definition) is 1. The second kappa shape index (κ2) is 7.84. The minimum atomic E-state index is -0.340. The van der Waals surface area contributed by atoms with Gasteiger partial charge in [0.1, 0.15) is 0 Å². The number of methoxy groups -OCH3 is 3. The zero-order chi connectivity index (χ0) is 19.6. The summed E-state index contributed by atoms with van der Waals surface area (Å²) in [5, 5.41) is 2.97. The molecule has 0 aliphatic carbocycles. The summed E-state index contributed by atoms with van der Waals surface area (Å²) in [5.74, 6) is 1.06. The minimum Gasteiger partial charge on any atom is -0.493 e. The predicted octanol–water partition coefficient (Wildman–Crippen LogP) is 4.15. The van der Waals surface area contributed by atoms with Crippen LogP contribution in [0, 0.1) is 13.8 Å². The first-order valence-corrected chi connectivity index (χ1v) is 9.29. The number of nitrogens with one attached hydrogen (secondary N) is 1. The monoisotopic (exact) mass is 386 g/mol. The molecule has 1 N–H and O–H groups in total. The highest BCUT2D eigenvalue weighted by atomic mass is 32.1. The topological polar surface area (TPSA) is 73.4 Å². The molecule has 7 heteroatoms. The maximum Gasteiger partial charge on any atom is 0.339 e. The molecule has 0 unspecified atom stereocenters. The van der Waals surface area contributed by atoms with Crippen LogP contribution in [0.4, 0.5) is 0 Å². The second-order valence-electron chi connectivity index (χ2n) is 6.11. The van der Waals surface area contributed by atoms with E-state index in [9.17, 15) is 4.79 Å². The molecular weight excluding hydrogens is 364 g/mol. The normalized spacial score (nSPS) is 10.7. The molecule has 2 aromatic heterocycles. The molecule has 142 valence electrons. The Kier molecular flexibility index (Phi) is 5.51. The number of H-pyrrole nitrogens is 1. The zero-order valence-corrected chi connectivity index (χ0v) is 16.8. The molecule has 27 heavy (non-hydrogen) atoms. The Morgan fingerprint density at radius 1 is 1.15 bits per heavy atom. The molecule has 0 aliphatic heterocycles. The largest absolute Gasteiger partial charge is 0.493 e. The third-order valence-corrected chi connectivity index (χ3v) is 5.29. The summed E-state index contributed by atoms with van der Waals surface area (Å²) in [6, 6.07) is 5.85. The Labute approximate surface area is 162 Å². The maximum absolute atomic E-state index is 12.0. The average Bonchev–Trinajstić information content (AvgIpc) is 3.24. The lowest BCUT2D eigenvalue weighted by molar-refractivity contribution is 0.0599. The van der Waals surface area contributed by atoms with Gasteiger partial charge >= 0.3 is 5.97 Å². The lowest BCUT2D eigenvalue weighted by Crippen LogP contribution is -2.03. The van der Waals surface area contributed by atoms with Crippen LogP contribution in [-0.4, -0.2) is 37.3 Å². The van der Waals surface area contributed by atoms with E-state index in [2.05, 4.69) is 4.98 Å². The molecule has 0 spiro atoms. The summed E-state index contributed by atoms with van der Waals surface area (Å²) in [6.07, 6.45) is 0.688. The number of rotatable bonds is 6. The minimum absolute atomic E-state index is 0.340. The van der Waals surface area contributed by atoms with Crippen LogP contribution in [0.15, 0.2) is 23.6 Å². The Hall–Kier alpha value is -2.80. The summed E-state index contributed by atoms with van der Waals surface area (Å²) < 4.78 is 15.5. The molecule has 3 aromatic rings. The molecule has 0 bridgehead atoms. The van der Waals surface area contributed by atoms with Gasteiger partial charge in [-0.15, -0.1) is 11.3 Å². The van der Waals surface area contributed by atoms with Crippen LogP contribution in [0.25, 0.3) is 11.4 Å². The molecule has 0 fully saturated rings. The summed E-state index contributed by atoms with van der Waals surface area (Å²) in [5.41, 5.74) is 4.96. The number of benzene rings is 1. The van der Waals surface area contributed by atoms with E-state index in [0.717, 1.165) is 33.2 Å². The van der Waals surface area contributed by atoms with Gasteiger partial charge in [-0.25, -0.2) is 9.78 Å². The SMILES string of the molecule is COC(=O)c1c(C)[nH]c(-c2csc(Cc3ccc(OC)c(OC)c3)n2)c1C. The number of esters is 1. The first-order valence-electron chi connectivity index (χ1n) is 8.41. The van der Waals surface area contributed by atoms with Gasteiger partial charge in [0.2, 0.25) is 0 Å². The van der Waals surface area contributed by atoms with E-state index in [0.29, 0.717) is 23.5 Å². The fourth-order valence-electron chi connectivity index (χ4n) is 3.09. The van der Waals surface area contributed by atoms with Crippen molar-refractivity contribution in [1.82, 2.24) is 9.97 Å². The highest BCUT2D eigenvalue weighted by Crippen LogP contribution is 2.31. The third kappa shape index (κ3) is 3.68. The summed E-state index contributed by atoms with van der Waals surface area (Å²) >= 11 is 1.58. The first kappa shape index (κ1) is 19.0. The van der Waals surface area contributed by atoms with Crippen LogP contribution in [-0.2, 0) is 11.2 Å². The van der Waals surface area contributed by atoms with E-state index in [4.69, 9.17) is 19.2 Å². The van der Waals surface area contributed by atoms with Crippen molar-refractivity contribution in [2.75, 3.05) is 21.3 Å². The van der Waals surface area contributed by atoms with Gasteiger partial charge < -0.3 is 19.2 Å². The van der Waals surface area contributed by atoms with E-state index >= 15 is 0 Å². The molecule has 0 amide bonds. The number of aromatic amines is 1. The average molecular weight is 386 g/mol. The quantitative estimate of drug-likeness (QED) is 0.644. The number of thiazole rings is 1. The molecule has 3 rings (SSSR count). The number of aryl methyl sites for hydroxylation is 1. The van der Waals surface area contributed by atoms with E-state index in [1.807, 2.05) is 37.4 Å². The van der Waals surface area contributed by atoms with Crippen LogP contribution in [0.3, 0.4) is 0 Å². The highest BCUT2D eigenvalue weighted by molar-refractivity contribution is 7.10. The third-order valence-electron chi connectivity index (χ3n) is 4.44. The van der Waals surface area contributed by atoms with Gasteiger partial charge in [0.25, 0.3) is 0 Å². The molecule has 0 radical (unpaired) electrons. The van der Waals surface area contributed by atoms with Crippen molar-refractivity contribution in [2.24, 2.45) is 0 Å². The van der Waals surface area contributed by atoms with Gasteiger partial charge in [-0.05, 0) is 37.1 Å². The second-order valence-corrected chi connectivity index (χ2v) is 7.05. The van der Waals surface area contributed by atoms with Gasteiger partial charge in [0, 0.05) is 17.5 Å². The smallest absolute Gasteiger partial charge is 0.339 e. The summed E-state index contributed by atoms with van der Waals surface area (Å²) in [7, 11) is 4.63. The number of carbonyl (C=O) groups is 1. The highest BCUT2D eigenvalue weighted by Gasteiger charge is 2.21. The molecular formula is C20H22N2O4S. The van der Waals surface area contributed by atoms with E-state index in [-0.39, 0.29) is 5.97 Å². The van der Waals surface area contributed by atoms with E-state index < -0.39 is 0 Å². The van der Waals surface area contributed by atoms with Gasteiger partial charge in [0.05, 0.1) is 43.3 Å². The maximum atomic E-state index is 12.0. The van der Waals surface area contributed by atoms with Gasteiger partial charge in [-0.1, -0.05) is 6.07 Å². The molecule has 6 nitrogen and oxygen atoms in total. The Morgan fingerprint density at radius 2 is 1.89 bits per heavy atom. The summed E-state index contributed by atoms with van der Waals surface area (Å²) in [6.45, 7) is 3.76. The Bertz CT molecular complexity index is 975. The van der Waals surface area contributed by atoms with Crippen molar-refractivity contribution in [2.45, 2.75) is 20.3 Å². The lowest BCUT2D eigenvalue weighted by atomic mass is 10.1. The zero-order valence-electron chi connectivity index (χ0n) is 16.0. The number of aromatic nitrogens is 2. The Balaban J connectivity index is 1.87. The van der Waals surface area contributed by atoms with Crippen molar-refractivity contribution in [3.05, 3.63) is 51.0 Å². The van der Waals surface area contributed by atoms with Crippen molar-refractivity contribution in [3.63, 3.8) is 0 Å². The Morgan fingerprint density at radius 3 is 2.56 bits per heavy atom. The van der Waals surface area contributed by atoms with Crippen LogP contribution in [0.5, 0.6) is 11.5 Å². The molecule has 1 aromatic carbocycles. The fourth-order valence-corrected chi connectivity index (χ4v) is 3.91. The van der Waals surface area contributed by atoms with Gasteiger partial charge in [-0.2, -0.15) is 0 Å². The summed E-state index contributed by atoms with van der Waals surface area (Å²) in [4.78, 5) is 20.0. The van der Waals surface area contributed by atoms with Crippen molar-refractivity contribution < 1.29 is 19.0 Å².